The van der Waals surface area contributed by atoms with E-state index in [0.717, 1.165) is 80.2 Å². The van der Waals surface area contributed by atoms with E-state index in [4.69, 9.17) is 16.3 Å². The minimum Gasteiger partial charge on any atom is -0.356 e. The summed E-state index contributed by atoms with van der Waals surface area (Å²) in [5, 5.41) is 8.42. The van der Waals surface area contributed by atoms with Crippen LogP contribution in [0.3, 0.4) is 0 Å². The number of hydrogen-bond acceptors (Lipinski definition) is 7. The summed E-state index contributed by atoms with van der Waals surface area (Å²) in [7, 11) is 0. The molecule has 0 spiro atoms. The smallest absolute Gasteiger partial charge is 0.248 e. The topological polar surface area (TPSA) is 105 Å². The van der Waals surface area contributed by atoms with Gasteiger partial charge in [-0.1, -0.05) is 23.7 Å². The number of piperidine rings is 1. The number of nitrogens with zero attached hydrogens (tertiary/aromatic N) is 6. The first-order valence-electron chi connectivity index (χ1n) is 15.0. The molecule has 0 aliphatic carbocycles. The number of anilines is 1. The van der Waals surface area contributed by atoms with Crippen molar-refractivity contribution in [2.24, 2.45) is 0 Å². The lowest BCUT2D eigenvalue weighted by molar-refractivity contribution is -0.136. The highest BCUT2D eigenvalue weighted by Crippen LogP contribution is 2.30. The van der Waals surface area contributed by atoms with Gasteiger partial charge in [-0.05, 0) is 81.7 Å². The van der Waals surface area contributed by atoms with Gasteiger partial charge in [0.2, 0.25) is 11.8 Å². The molecule has 42 heavy (non-hydrogen) atoms. The van der Waals surface area contributed by atoms with Crippen molar-refractivity contribution >= 4 is 29.2 Å². The number of rotatable bonds is 7. The fourth-order valence-electron chi connectivity index (χ4n) is 6.39. The summed E-state index contributed by atoms with van der Waals surface area (Å²) in [6.07, 6.45) is 7.27. The largest absolute Gasteiger partial charge is 0.356 e. The maximum absolute atomic E-state index is 13.5. The van der Waals surface area contributed by atoms with Crippen LogP contribution in [0.4, 0.5) is 5.82 Å². The van der Waals surface area contributed by atoms with Gasteiger partial charge in [0.25, 0.3) is 0 Å². The molecule has 2 amide bonds. The lowest BCUT2D eigenvalue weighted by Crippen LogP contribution is -2.51. The Kier molecular flexibility index (Phi) is 8.55. The molecular weight excluding hydrogens is 554 g/mol. The van der Waals surface area contributed by atoms with Gasteiger partial charge in [-0.2, -0.15) is 0 Å². The fraction of sp³-hybridized carbons (Fsp3) is 0.516. The standard InChI is InChI=1S/C31H38ClN7O3/c1-20-15-22(6-7-25(20)32)18-37-12-10-24(11-13-37)39-26(8-9-28(39)40)31(41)35-27-17-23(16-21(2)34-27)30-33-19-38(36-30)29-5-3-4-14-42-29/h6-7,15-17,19,24,26,29H,3-5,8-14,18H2,1-2H3,(H,34,35,41). The third-order valence-corrected chi connectivity index (χ3v) is 8.98. The molecule has 2 unspecified atom stereocenters. The zero-order chi connectivity index (χ0) is 29.2. The molecule has 10 nitrogen and oxygen atoms in total. The predicted octanol–water partition coefficient (Wildman–Crippen LogP) is 4.90. The summed E-state index contributed by atoms with van der Waals surface area (Å²) in [6.45, 7) is 7.23. The van der Waals surface area contributed by atoms with Crippen LogP contribution in [0.15, 0.2) is 36.7 Å². The summed E-state index contributed by atoms with van der Waals surface area (Å²) in [5.74, 6) is 0.855. The third kappa shape index (κ3) is 6.35. The Morgan fingerprint density at radius 1 is 1.10 bits per heavy atom. The summed E-state index contributed by atoms with van der Waals surface area (Å²) in [4.78, 5) is 39.8. The summed E-state index contributed by atoms with van der Waals surface area (Å²) < 4.78 is 7.60. The number of ether oxygens (including phenoxy) is 1. The molecule has 1 N–H and O–H groups in total. The van der Waals surface area contributed by atoms with E-state index in [9.17, 15) is 9.59 Å². The van der Waals surface area contributed by atoms with E-state index in [1.165, 1.54) is 5.56 Å². The van der Waals surface area contributed by atoms with Gasteiger partial charge < -0.3 is 15.0 Å². The van der Waals surface area contributed by atoms with E-state index in [1.54, 1.807) is 17.1 Å². The van der Waals surface area contributed by atoms with Crippen molar-refractivity contribution < 1.29 is 14.3 Å². The highest BCUT2D eigenvalue weighted by atomic mass is 35.5. The number of likely N-dealkylation sites (tertiary alicyclic amines) is 2. The summed E-state index contributed by atoms with van der Waals surface area (Å²) in [6, 6.07) is 9.41. The van der Waals surface area contributed by atoms with Crippen molar-refractivity contribution in [2.45, 2.75) is 83.6 Å². The Balaban J connectivity index is 1.09. The molecule has 3 aliphatic heterocycles. The molecule has 0 radical (unpaired) electrons. The Morgan fingerprint density at radius 2 is 1.93 bits per heavy atom. The zero-order valence-electron chi connectivity index (χ0n) is 24.3. The Bertz CT molecular complexity index is 1450. The molecule has 2 atom stereocenters. The van der Waals surface area contributed by atoms with Gasteiger partial charge in [-0.25, -0.2) is 14.6 Å². The number of aromatic nitrogens is 4. The molecule has 5 heterocycles. The highest BCUT2D eigenvalue weighted by molar-refractivity contribution is 6.31. The number of pyridine rings is 1. The van der Waals surface area contributed by atoms with Crippen LogP contribution < -0.4 is 5.32 Å². The number of nitrogens with one attached hydrogen (secondary N) is 1. The van der Waals surface area contributed by atoms with Crippen LogP contribution in [0, 0.1) is 13.8 Å². The molecule has 3 aromatic rings. The van der Waals surface area contributed by atoms with E-state index in [1.807, 2.05) is 30.9 Å². The summed E-state index contributed by atoms with van der Waals surface area (Å²) in [5.41, 5.74) is 3.83. The van der Waals surface area contributed by atoms with Gasteiger partial charge in [-0.3, -0.25) is 14.5 Å². The molecule has 0 saturated carbocycles. The van der Waals surface area contributed by atoms with Gasteiger partial charge in [0.05, 0.1) is 0 Å². The van der Waals surface area contributed by atoms with Crippen molar-refractivity contribution in [3.63, 3.8) is 0 Å². The van der Waals surface area contributed by atoms with Crippen LogP contribution in [0.2, 0.25) is 5.02 Å². The maximum atomic E-state index is 13.5. The molecule has 6 rings (SSSR count). The molecule has 1 aromatic carbocycles. The zero-order valence-corrected chi connectivity index (χ0v) is 25.0. The van der Waals surface area contributed by atoms with Gasteiger partial charge in [0, 0.05) is 55.0 Å². The molecule has 2 aromatic heterocycles. The predicted molar refractivity (Wildman–Crippen MR) is 160 cm³/mol. The number of amides is 2. The molecular formula is C31H38ClN7O3. The first-order chi connectivity index (χ1) is 20.3. The first kappa shape index (κ1) is 28.8. The quantitative estimate of drug-likeness (QED) is 0.416. The third-order valence-electron chi connectivity index (χ3n) is 8.56. The second-order valence-corrected chi connectivity index (χ2v) is 12.1. The van der Waals surface area contributed by atoms with Crippen molar-refractivity contribution in [1.82, 2.24) is 29.5 Å². The molecule has 0 bridgehead atoms. The van der Waals surface area contributed by atoms with E-state index in [-0.39, 0.29) is 24.1 Å². The average molecular weight is 592 g/mol. The van der Waals surface area contributed by atoms with Gasteiger partial charge in [-0.15, -0.1) is 5.10 Å². The molecule has 222 valence electrons. The molecule has 3 fully saturated rings. The Labute approximate surface area is 251 Å². The van der Waals surface area contributed by atoms with Crippen LogP contribution in [0.25, 0.3) is 11.4 Å². The second kappa shape index (κ2) is 12.5. The number of hydrogen-bond donors (Lipinski definition) is 1. The van der Waals surface area contributed by atoms with Crippen molar-refractivity contribution in [2.75, 3.05) is 25.0 Å². The number of aryl methyl sites for hydroxylation is 2. The second-order valence-electron chi connectivity index (χ2n) is 11.7. The number of benzene rings is 1. The lowest BCUT2D eigenvalue weighted by atomic mass is 10.0. The normalized spacial score (nSPS) is 22.1. The number of carbonyl (C=O) groups is 2. The SMILES string of the molecule is Cc1cc(-c2ncn(C3CCCCO3)n2)cc(NC(=O)C2CCC(=O)N2C2CCN(Cc3ccc(Cl)c(C)c3)CC2)n1. The van der Waals surface area contributed by atoms with Crippen molar-refractivity contribution in [1.29, 1.82) is 0 Å². The highest BCUT2D eigenvalue weighted by Gasteiger charge is 2.41. The van der Waals surface area contributed by atoms with Gasteiger partial charge in [0.15, 0.2) is 12.1 Å². The van der Waals surface area contributed by atoms with Crippen LogP contribution in [0.5, 0.6) is 0 Å². The Hall–Kier alpha value is -3.34. The molecule has 3 aliphatic rings. The van der Waals surface area contributed by atoms with Crippen LogP contribution in [0.1, 0.15) is 68.0 Å². The van der Waals surface area contributed by atoms with E-state index in [2.05, 4.69) is 37.4 Å². The van der Waals surface area contributed by atoms with Crippen molar-refractivity contribution in [3.8, 4) is 11.4 Å². The summed E-state index contributed by atoms with van der Waals surface area (Å²) >= 11 is 6.19. The first-order valence-corrected chi connectivity index (χ1v) is 15.3. The van der Waals surface area contributed by atoms with Crippen LogP contribution >= 0.6 is 11.6 Å². The van der Waals surface area contributed by atoms with Crippen molar-refractivity contribution in [3.05, 3.63) is 58.5 Å². The number of carbonyl (C=O) groups excluding carboxylic acids is 2. The van der Waals surface area contributed by atoms with Gasteiger partial charge >= 0.3 is 0 Å². The lowest BCUT2D eigenvalue weighted by Gasteiger charge is -2.39. The van der Waals surface area contributed by atoms with E-state index in [0.29, 0.717) is 24.5 Å². The minimum absolute atomic E-state index is 0.0511. The van der Waals surface area contributed by atoms with E-state index < -0.39 is 6.04 Å². The average Bonchev–Trinajstić information content (AvgIpc) is 3.63. The minimum atomic E-state index is -0.500. The van der Waals surface area contributed by atoms with E-state index >= 15 is 0 Å². The molecule has 3 saturated heterocycles. The monoisotopic (exact) mass is 591 g/mol. The Morgan fingerprint density at radius 3 is 2.69 bits per heavy atom. The van der Waals surface area contributed by atoms with Crippen LogP contribution in [-0.2, 0) is 20.9 Å². The maximum Gasteiger partial charge on any atom is 0.248 e. The van der Waals surface area contributed by atoms with Gasteiger partial charge in [0.1, 0.15) is 18.2 Å². The number of halogens is 1. The fourth-order valence-corrected chi connectivity index (χ4v) is 6.50. The molecule has 11 heteroatoms. The van der Waals surface area contributed by atoms with Crippen LogP contribution in [-0.4, -0.2) is 73.1 Å².